The van der Waals surface area contributed by atoms with E-state index < -0.39 is 6.10 Å². The predicted molar refractivity (Wildman–Crippen MR) is 61.8 cm³/mol. The molecule has 1 heteroatoms. The fourth-order valence-electron chi connectivity index (χ4n) is 1.83. The van der Waals surface area contributed by atoms with Crippen molar-refractivity contribution >= 4 is 0 Å². The fraction of sp³-hybridized carbons (Fsp3) is 0.692. The fourth-order valence-corrected chi connectivity index (χ4v) is 1.83. The summed E-state index contributed by atoms with van der Waals surface area (Å²) in [4.78, 5) is 0. The van der Waals surface area contributed by atoms with Crippen molar-refractivity contribution in [1.29, 1.82) is 0 Å². The summed E-state index contributed by atoms with van der Waals surface area (Å²) in [6.07, 6.45) is 6.18. The van der Waals surface area contributed by atoms with Crippen molar-refractivity contribution in [2.75, 3.05) is 0 Å². The van der Waals surface area contributed by atoms with Gasteiger partial charge in [-0.1, -0.05) is 53.0 Å². The van der Waals surface area contributed by atoms with Gasteiger partial charge >= 0.3 is 0 Å². The molecule has 0 aliphatic carbocycles. The Balaban J connectivity index is 5.16. The molecular formula is C13H22O. The first kappa shape index (κ1) is 13.3. The Hall–Kier alpha value is -0.740. The van der Waals surface area contributed by atoms with E-state index in [1.54, 1.807) is 6.08 Å². The largest absolute Gasteiger partial charge is 0.377 e. The number of aliphatic hydroxyl groups excluding tert-OH is 1. The third-order valence-electron chi connectivity index (χ3n) is 2.11. The zero-order chi connectivity index (χ0) is 11.6. The van der Waals surface area contributed by atoms with Gasteiger partial charge in [-0.25, -0.2) is 0 Å². The molecule has 0 rings (SSSR count). The Morgan fingerprint density at radius 1 is 1.14 bits per heavy atom. The molecule has 0 aromatic heterocycles. The lowest BCUT2D eigenvalue weighted by molar-refractivity contribution is 0.268. The standard InChI is InChI=1S/C13H22O/c1-8-10(14)9-11(12(2,3)4)13(5,6)7/h1,9-10,14H,2-7H3. The van der Waals surface area contributed by atoms with E-state index in [1.165, 1.54) is 5.57 Å². The molecule has 0 radical (unpaired) electrons. The minimum Gasteiger partial charge on any atom is -0.377 e. The minimum absolute atomic E-state index is 0.0378. The maximum absolute atomic E-state index is 9.44. The van der Waals surface area contributed by atoms with E-state index in [1.807, 2.05) is 0 Å². The average molecular weight is 194 g/mol. The van der Waals surface area contributed by atoms with Crippen LogP contribution in [0.2, 0.25) is 0 Å². The van der Waals surface area contributed by atoms with Crippen molar-refractivity contribution in [2.24, 2.45) is 10.8 Å². The number of aliphatic hydroxyl groups is 1. The summed E-state index contributed by atoms with van der Waals surface area (Å²) in [5.41, 5.74) is 1.27. The molecule has 0 saturated heterocycles. The first-order valence-corrected chi connectivity index (χ1v) is 4.96. The van der Waals surface area contributed by atoms with E-state index in [4.69, 9.17) is 6.42 Å². The quantitative estimate of drug-likeness (QED) is 0.502. The van der Waals surface area contributed by atoms with Gasteiger partial charge in [0.25, 0.3) is 0 Å². The van der Waals surface area contributed by atoms with Crippen LogP contribution in [0, 0.1) is 23.2 Å². The molecule has 0 saturated carbocycles. The molecule has 1 atom stereocenters. The van der Waals surface area contributed by atoms with E-state index >= 15 is 0 Å². The SMILES string of the molecule is C#CC(O)C=C(C(C)(C)C)C(C)(C)C. The summed E-state index contributed by atoms with van der Waals surface area (Å²) in [6, 6.07) is 0. The average Bonchev–Trinajstić information content (AvgIpc) is 1.95. The second-order valence-corrected chi connectivity index (χ2v) is 5.69. The van der Waals surface area contributed by atoms with Gasteiger partial charge in [-0.15, -0.1) is 6.42 Å². The summed E-state index contributed by atoms with van der Waals surface area (Å²) in [6.45, 7) is 12.8. The summed E-state index contributed by atoms with van der Waals surface area (Å²) in [7, 11) is 0. The lowest BCUT2D eigenvalue weighted by Crippen LogP contribution is -2.24. The van der Waals surface area contributed by atoms with Crippen molar-refractivity contribution in [3.8, 4) is 12.3 Å². The van der Waals surface area contributed by atoms with E-state index in [9.17, 15) is 5.11 Å². The lowest BCUT2D eigenvalue weighted by Gasteiger charge is -2.34. The molecule has 0 aromatic rings. The van der Waals surface area contributed by atoms with Gasteiger partial charge in [0, 0.05) is 0 Å². The van der Waals surface area contributed by atoms with Gasteiger partial charge in [-0.3, -0.25) is 0 Å². The molecule has 1 nitrogen and oxygen atoms in total. The Bertz CT molecular complexity index is 236. The topological polar surface area (TPSA) is 20.2 Å². The molecule has 0 aliphatic heterocycles. The van der Waals surface area contributed by atoms with Crippen LogP contribution in [-0.4, -0.2) is 11.2 Å². The summed E-state index contributed by atoms with van der Waals surface area (Å²) >= 11 is 0. The van der Waals surface area contributed by atoms with Crippen LogP contribution in [0.25, 0.3) is 0 Å². The summed E-state index contributed by atoms with van der Waals surface area (Å²) < 4.78 is 0. The van der Waals surface area contributed by atoms with Gasteiger partial charge in [0.05, 0.1) is 0 Å². The van der Waals surface area contributed by atoms with Gasteiger partial charge in [0.2, 0.25) is 0 Å². The normalized spacial score (nSPS) is 14.4. The number of hydrogen-bond donors (Lipinski definition) is 1. The minimum atomic E-state index is -0.775. The van der Waals surface area contributed by atoms with Crippen LogP contribution in [0.5, 0.6) is 0 Å². The van der Waals surface area contributed by atoms with Crippen molar-refractivity contribution in [3.63, 3.8) is 0 Å². The molecule has 1 N–H and O–H groups in total. The van der Waals surface area contributed by atoms with Crippen molar-refractivity contribution in [3.05, 3.63) is 11.6 Å². The number of hydrogen-bond acceptors (Lipinski definition) is 1. The maximum Gasteiger partial charge on any atom is 0.133 e. The Labute approximate surface area is 88.2 Å². The van der Waals surface area contributed by atoms with E-state index in [0.717, 1.165) is 0 Å². The third kappa shape index (κ3) is 3.98. The molecule has 0 bridgehead atoms. The maximum atomic E-state index is 9.44. The van der Waals surface area contributed by atoms with Gasteiger partial charge in [0.1, 0.15) is 6.10 Å². The van der Waals surface area contributed by atoms with Crippen molar-refractivity contribution in [1.82, 2.24) is 0 Å². The lowest BCUT2D eigenvalue weighted by atomic mass is 9.71. The Morgan fingerprint density at radius 2 is 1.50 bits per heavy atom. The van der Waals surface area contributed by atoms with Crippen LogP contribution >= 0.6 is 0 Å². The highest BCUT2D eigenvalue weighted by Crippen LogP contribution is 2.39. The Morgan fingerprint density at radius 3 is 1.71 bits per heavy atom. The van der Waals surface area contributed by atoms with Gasteiger partial charge in [-0.05, 0) is 16.9 Å². The van der Waals surface area contributed by atoms with Crippen molar-refractivity contribution < 1.29 is 5.11 Å². The van der Waals surface area contributed by atoms with Gasteiger partial charge < -0.3 is 5.11 Å². The first-order valence-electron chi connectivity index (χ1n) is 4.96. The second kappa shape index (κ2) is 4.19. The zero-order valence-electron chi connectivity index (χ0n) is 10.2. The number of allylic oxidation sites excluding steroid dienone is 1. The molecule has 0 fully saturated rings. The first-order chi connectivity index (χ1) is 6.09. The van der Waals surface area contributed by atoms with E-state index in [0.29, 0.717) is 0 Å². The molecule has 0 amide bonds. The predicted octanol–water partition coefficient (Wildman–Crippen LogP) is 3.00. The van der Waals surface area contributed by atoms with Crippen LogP contribution in [0.3, 0.4) is 0 Å². The highest BCUT2D eigenvalue weighted by molar-refractivity contribution is 5.23. The van der Waals surface area contributed by atoms with Crippen LogP contribution in [-0.2, 0) is 0 Å². The van der Waals surface area contributed by atoms with Gasteiger partial charge in [-0.2, -0.15) is 0 Å². The van der Waals surface area contributed by atoms with Crippen LogP contribution in [0.4, 0.5) is 0 Å². The Kier molecular flexibility index (Phi) is 3.97. The molecule has 0 spiro atoms. The smallest absolute Gasteiger partial charge is 0.133 e. The third-order valence-corrected chi connectivity index (χ3v) is 2.11. The summed E-state index contributed by atoms with van der Waals surface area (Å²) in [5, 5.41) is 9.44. The van der Waals surface area contributed by atoms with E-state index in [-0.39, 0.29) is 10.8 Å². The molecule has 80 valence electrons. The highest BCUT2D eigenvalue weighted by atomic mass is 16.3. The highest BCUT2D eigenvalue weighted by Gasteiger charge is 2.28. The molecule has 0 aromatic carbocycles. The number of rotatable bonds is 1. The molecule has 14 heavy (non-hydrogen) atoms. The zero-order valence-corrected chi connectivity index (χ0v) is 10.2. The van der Waals surface area contributed by atoms with Crippen molar-refractivity contribution in [2.45, 2.75) is 47.6 Å². The molecule has 1 unspecified atom stereocenters. The van der Waals surface area contributed by atoms with Crippen LogP contribution in [0.15, 0.2) is 11.6 Å². The summed E-state index contributed by atoms with van der Waals surface area (Å²) in [5.74, 6) is 2.32. The molecular weight excluding hydrogens is 172 g/mol. The monoisotopic (exact) mass is 194 g/mol. The van der Waals surface area contributed by atoms with E-state index in [2.05, 4.69) is 47.5 Å². The van der Waals surface area contributed by atoms with Crippen LogP contribution < -0.4 is 0 Å². The molecule has 0 heterocycles. The molecule has 0 aliphatic rings. The van der Waals surface area contributed by atoms with Crippen LogP contribution in [0.1, 0.15) is 41.5 Å². The van der Waals surface area contributed by atoms with Gasteiger partial charge in [0.15, 0.2) is 0 Å². The second-order valence-electron chi connectivity index (χ2n) is 5.69. The number of terminal acetylenes is 1.